The highest BCUT2D eigenvalue weighted by Gasteiger charge is 2.03. The smallest absolute Gasteiger partial charge is 0.160 e. The van der Waals surface area contributed by atoms with Gasteiger partial charge in [-0.15, -0.1) is 0 Å². The molecule has 0 aliphatic carbocycles. The number of rotatable bonds is 5. The predicted molar refractivity (Wildman–Crippen MR) is 69.5 cm³/mol. The van der Waals surface area contributed by atoms with Crippen molar-refractivity contribution in [1.29, 1.82) is 0 Å². The van der Waals surface area contributed by atoms with Crippen LogP contribution >= 0.6 is 0 Å². The maximum absolute atomic E-state index is 5.23. The van der Waals surface area contributed by atoms with E-state index in [1.807, 2.05) is 19.9 Å². The van der Waals surface area contributed by atoms with Gasteiger partial charge in [0.05, 0.1) is 14.2 Å². The Labute approximate surface area is 99.6 Å². The summed E-state index contributed by atoms with van der Waals surface area (Å²) in [5.41, 5.74) is 1.31. The van der Waals surface area contributed by atoms with Crippen LogP contribution in [0.2, 0.25) is 0 Å². The number of hydrogen-bond donors (Lipinski definition) is 0. The first-order valence-electron chi connectivity index (χ1n) is 6.02. The summed E-state index contributed by atoms with van der Waals surface area (Å²) in [5.74, 6) is 1.62. The summed E-state index contributed by atoms with van der Waals surface area (Å²) in [6.45, 7) is 6.20. The van der Waals surface area contributed by atoms with Gasteiger partial charge in [-0.1, -0.05) is 33.3 Å². The summed E-state index contributed by atoms with van der Waals surface area (Å²) < 4.78 is 10.4. The number of unbranched alkanes of at least 4 members (excludes halogenated alkanes) is 1. The maximum atomic E-state index is 5.23. The highest BCUT2D eigenvalue weighted by Crippen LogP contribution is 2.27. The first kappa shape index (κ1) is 14.8. The van der Waals surface area contributed by atoms with Crippen LogP contribution in [-0.4, -0.2) is 14.2 Å². The molecular formula is C14H24O2. The third kappa shape index (κ3) is 4.56. The van der Waals surface area contributed by atoms with Crippen LogP contribution in [0.25, 0.3) is 0 Å². The fraction of sp³-hybridized carbons (Fsp3) is 0.571. The van der Waals surface area contributed by atoms with Gasteiger partial charge in [-0.2, -0.15) is 0 Å². The lowest BCUT2D eigenvalue weighted by Crippen LogP contribution is -1.92. The molecule has 0 unspecified atom stereocenters. The van der Waals surface area contributed by atoms with E-state index in [1.165, 1.54) is 18.4 Å². The zero-order chi connectivity index (χ0) is 12.4. The first-order valence-corrected chi connectivity index (χ1v) is 6.02. The Morgan fingerprint density at radius 1 is 1.00 bits per heavy atom. The molecule has 0 saturated heterocycles. The van der Waals surface area contributed by atoms with Gasteiger partial charge in [0.1, 0.15) is 0 Å². The lowest BCUT2D eigenvalue weighted by atomic mass is 10.1. The fourth-order valence-electron chi connectivity index (χ4n) is 1.42. The van der Waals surface area contributed by atoms with E-state index in [0.717, 1.165) is 17.9 Å². The van der Waals surface area contributed by atoms with Crippen molar-refractivity contribution in [2.75, 3.05) is 14.2 Å². The van der Waals surface area contributed by atoms with E-state index in [1.54, 1.807) is 14.2 Å². The van der Waals surface area contributed by atoms with Gasteiger partial charge >= 0.3 is 0 Å². The zero-order valence-electron chi connectivity index (χ0n) is 11.2. The molecule has 0 aromatic heterocycles. The molecule has 0 amide bonds. The Hall–Kier alpha value is -1.18. The highest BCUT2D eigenvalue weighted by molar-refractivity contribution is 5.42. The number of hydrogen-bond acceptors (Lipinski definition) is 2. The minimum atomic E-state index is 0.799. The van der Waals surface area contributed by atoms with Crippen molar-refractivity contribution in [1.82, 2.24) is 0 Å². The van der Waals surface area contributed by atoms with Crippen LogP contribution in [0.4, 0.5) is 0 Å². The molecule has 0 atom stereocenters. The number of benzene rings is 1. The molecule has 92 valence electrons. The number of methoxy groups -OCH3 is 2. The van der Waals surface area contributed by atoms with E-state index in [9.17, 15) is 0 Å². The van der Waals surface area contributed by atoms with Crippen molar-refractivity contribution in [3.05, 3.63) is 23.8 Å². The molecule has 0 N–H and O–H groups in total. The molecule has 16 heavy (non-hydrogen) atoms. The van der Waals surface area contributed by atoms with Gasteiger partial charge < -0.3 is 9.47 Å². The molecule has 0 heterocycles. The quantitative estimate of drug-likeness (QED) is 0.750. The molecule has 0 bridgehead atoms. The molecule has 2 heteroatoms. The van der Waals surface area contributed by atoms with Gasteiger partial charge in [0.25, 0.3) is 0 Å². The second-order valence-electron chi connectivity index (χ2n) is 3.29. The Kier molecular flexibility index (Phi) is 8.41. The second-order valence-corrected chi connectivity index (χ2v) is 3.29. The summed E-state index contributed by atoms with van der Waals surface area (Å²) in [6, 6.07) is 6.11. The molecule has 0 spiro atoms. The van der Waals surface area contributed by atoms with Gasteiger partial charge in [-0.25, -0.2) is 0 Å². The van der Waals surface area contributed by atoms with E-state index in [2.05, 4.69) is 19.1 Å². The summed E-state index contributed by atoms with van der Waals surface area (Å²) in [5, 5.41) is 0. The van der Waals surface area contributed by atoms with E-state index in [4.69, 9.17) is 9.47 Å². The summed E-state index contributed by atoms with van der Waals surface area (Å²) in [7, 11) is 3.32. The molecule has 1 rings (SSSR count). The molecule has 0 radical (unpaired) electrons. The van der Waals surface area contributed by atoms with Crippen LogP contribution < -0.4 is 9.47 Å². The fourth-order valence-corrected chi connectivity index (χ4v) is 1.42. The van der Waals surface area contributed by atoms with Crippen LogP contribution in [-0.2, 0) is 6.42 Å². The Bertz CT molecular complexity index is 282. The molecule has 0 aliphatic heterocycles. The molecule has 0 saturated carbocycles. The molecule has 1 aromatic carbocycles. The van der Waals surface area contributed by atoms with Crippen LogP contribution in [0.3, 0.4) is 0 Å². The van der Waals surface area contributed by atoms with Gasteiger partial charge in [-0.3, -0.25) is 0 Å². The largest absolute Gasteiger partial charge is 0.493 e. The maximum Gasteiger partial charge on any atom is 0.160 e. The normalized spacial score (nSPS) is 9.06. The van der Waals surface area contributed by atoms with Gasteiger partial charge in [-0.05, 0) is 30.5 Å². The van der Waals surface area contributed by atoms with Crippen molar-refractivity contribution >= 4 is 0 Å². The van der Waals surface area contributed by atoms with Crippen LogP contribution in [0.1, 0.15) is 39.2 Å². The molecular weight excluding hydrogens is 200 g/mol. The number of aryl methyl sites for hydroxylation is 1. The van der Waals surface area contributed by atoms with Crippen molar-refractivity contribution in [2.45, 2.75) is 40.0 Å². The second kappa shape index (κ2) is 9.08. The van der Waals surface area contributed by atoms with E-state index in [0.29, 0.717) is 0 Å². The SMILES string of the molecule is CC.CCCCc1ccc(OC)c(OC)c1. The Morgan fingerprint density at radius 3 is 2.12 bits per heavy atom. The van der Waals surface area contributed by atoms with Crippen molar-refractivity contribution in [3.63, 3.8) is 0 Å². The molecule has 0 aliphatic rings. The Morgan fingerprint density at radius 2 is 1.62 bits per heavy atom. The molecule has 1 aromatic rings. The van der Waals surface area contributed by atoms with Crippen molar-refractivity contribution < 1.29 is 9.47 Å². The third-order valence-corrected chi connectivity index (χ3v) is 2.27. The Balaban J connectivity index is 0.00000106. The predicted octanol–water partition coefficient (Wildman–Crippen LogP) is 4.07. The van der Waals surface area contributed by atoms with Gasteiger partial charge in [0.15, 0.2) is 11.5 Å². The van der Waals surface area contributed by atoms with Crippen LogP contribution in [0.15, 0.2) is 18.2 Å². The topological polar surface area (TPSA) is 18.5 Å². The van der Waals surface area contributed by atoms with E-state index in [-0.39, 0.29) is 0 Å². The minimum absolute atomic E-state index is 0.799. The molecule has 0 fully saturated rings. The van der Waals surface area contributed by atoms with E-state index < -0.39 is 0 Å². The summed E-state index contributed by atoms with van der Waals surface area (Å²) in [6.07, 6.45) is 3.54. The van der Waals surface area contributed by atoms with Gasteiger partial charge in [0.2, 0.25) is 0 Å². The van der Waals surface area contributed by atoms with Crippen LogP contribution in [0, 0.1) is 0 Å². The highest BCUT2D eigenvalue weighted by atomic mass is 16.5. The van der Waals surface area contributed by atoms with Crippen molar-refractivity contribution in [2.24, 2.45) is 0 Å². The minimum Gasteiger partial charge on any atom is -0.493 e. The summed E-state index contributed by atoms with van der Waals surface area (Å²) >= 11 is 0. The zero-order valence-corrected chi connectivity index (χ0v) is 11.2. The lowest BCUT2D eigenvalue weighted by molar-refractivity contribution is 0.354. The lowest BCUT2D eigenvalue weighted by Gasteiger charge is -2.09. The number of ether oxygens (including phenoxy) is 2. The average molecular weight is 224 g/mol. The standard InChI is InChI=1S/C12H18O2.C2H6/c1-4-5-6-10-7-8-11(13-2)12(9-10)14-3;1-2/h7-9H,4-6H2,1-3H3;1-2H3. The van der Waals surface area contributed by atoms with Gasteiger partial charge in [0, 0.05) is 0 Å². The first-order chi connectivity index (χ1) is 7.81. The van der Waals surface area contributed by atoms with Crippen LogP contribution in [0.5, 0.6) is 11.5 Å². The monoisotopic (exact) mass is 224 g/mol. The van der Waals surface area contributed by atoms with Crippen molar-refractivity contribution in [3.8, 4) is 11.5 Å². The third-order valence-electron chi connectivity index (χ3n) is 2.27. The summed E-state index contributed by atoms with van der Waals surface area (Å²) in [4.78, 5) is 0. The van der Waals surface area contributed by atoms with E-state index >= 15 is 0 Å². The molecule has 2 nitrogen and oxygen atoms in total. The average Bonchev–Trinajstić information content (AvgIpc) is 2.38.